The van der Waals surface area contributed by atoms with Crippen molar-refractivity contribution in [1.29, 1.82) is 0 Å². The van der Waals surface area contributed by atoms with Crippen molar-refractivity contribution in [2.45, 2.75) is 32.2 Å². The van der Waals surface area contributed by atoms with E-state index in [1.54, 1.807) is 7.11 Å². The lowest BCUT2D eigenvalue weighted by Crippen LogP contribution is -2.27. The second-order valence-electron chi connectivity index (χ2n) is 7.77. The molecule has 3 heteroatoms. The lowest BCUT2D eigenvalue weighted by molar-refractivity contribution is -0.116. The number of nitrogens with one attached hydrogen (secondary N) is 1. The van der Waals surface area contributed by atoms with E-state index < -0.39 is 0 Å². The number of hydrogen-bond acceptors (Lipinski definition) is 2. The summed E-state index contributed by atoms with van der Waals surface area (Å²) < 4.78 is 5.24. The predicted octanol–water partition coefficient (Wildman–Crippen LogP) is 5.60. The zero-order valence-corrected chi connectivity index (χ0v) is 17.5. The normalized spacial score (nSPS) is 14.1. The number of hydrogen-bond donors (Lipinski definition) is 1. The van der Waals surface area contributed by atoms with Gasteiger partial charge in [0.25, 0.3) is 5.91 Å². The summed E-state index contributed by atoms with van der Waals surface area (Å²) in [7, 11) is 1.65. The van der Waals surface area contributed by atoms with E-state index in [2.05, 4.69) is 23.5 Å². The molecular formula is C27H27NO2. The highest BCUT2D eigenvalue weighted by Gasteiger charge is 2.18. The standard InChI is InChI=1S/C27H27NO2/c1-19(23-14-13-21-9-6-10-24(21)18-23)28-27(29)26(22-7-4-3-5-8-22)17-20-11-15-25(30-2)16-12-20/h3-5,7-8,11-19H,6,9-10H2,1-2H3,(H,28,29)/b26-17+/t19-/m1/s1. The van der Waals surface area contributed by atoms with Gasteiger partial charge >= 0.3 is 0 Å². The smallest absolute Gasteiger partial charge is 0.252 e. The van der Waals surface area contributed by atoms with E-state index >= 15 is 0 Å². The Labute approximate surface area is 178 Å². The van der Waals surface area contributed by atoms with Crippen molar-refractivity contribution in [3.8, 4) is 5.75 Å². The van der Waals surface area contributed by atoms with Gasteiger partial charge in [-0.3, -0.25) is 4.79 Å². The van der Waals surface area contributed by atoms with Crippen molar-refractivity contribution >= 4 is 17.6 Å². The molecule has 4 rings (SSSR count). The van der Waals surface area contributed by atoms with Gasteiger partial charge in [-0.05, 0) is 72.2 Å². The number of rotatable bonds is 6. The van der Waals surface area contributed by atoms with Crippen molar-refractivity contribution in [2.24, 2.45) is 0 Å². The topological polar surface area (TPSA) is 38.3 Å². The van der Waals surface area contributed by atoms with Gasteiger partial charge < -0.3 is 10.1 Å². The molecule has 1 aliphatic rings. The molecule has 30 heavy (non-hydrogen) atoms. The summed E-state index contributed by atoms with van der Waals surface area (Å²) in [6.07, 6.45) is 5.46. The number of benzene rings is 3. The van der Waals surface area contributed by atoms with Crippen molar-refractivity contribution in [3.05, 3.63) is 101 Å². The summed E-state index contributed by atoms with van der Waals surface area (Å²) in [5.74, 6) is 0.716. The fourth-order valence-corrected chi connectivity index (χ4v) is 3.98. The number of aryl methyl sites for hydroxylation is 2. The Morgan fingerprint density at radius 1 is 0.967 bits per heavy atom. The molecule has 3 aromatic carbocycles. The zero-order valence-electron chi connectivity index (χ0n) is 17.5. The zero-order chi connectivity index (χ0) is 20.9. The first kappa shape index (κ1) is 20.0. The SMILES string of the molecule is COc1ccc(/C=C(/C(=O)N[C@H](C)c2ccc3c(c2)CCC3)c2ccccc2)cc1. The first-order chi connectivity index (χ1) is 14.6. The monoisotopic (exact) mass is 397 g/mol. The Hall–Kier alpha value is -3.33. The van der Waals surface area contributed by atoms with Crippen LogP contribution < -0.4 is 10.1 Å². The van der Waals surface area contributed by atoms with E-state index in [4.69, 9.17) is 4.74 Å². The fraction of sp³-hybridized carbons (Fsp3) is 0.222. The lowest BCUT2D eigenvalue weighted by Gasteiger charge is -2.17. The fourth-order valence-electron chi connectivity index (χ4n) is 3.98. The van der Waals surface area contributed by atoms with Crippen molar-refractivity contribution in [2.75, 3.05) is 7.11 Å². The third kappa shape index (κ3) is 4.46. The molecule has 0 heterocycles. The maximum atomic E-state index is 13.3. The second kappa shape index (κ2) is 9.00. The van der Waals surface area contributed by atoms with Gasteiger partial charge in [0.15, 0.2) is 0 Å². The molecule has 0 saturated heterocycles. The van der Waals surface area contributed by atoms with E-state index in [-0.39, 0.29) is 11.9 Å². The van der Waals surface area contributed by atoms with Crippen LogP contribution in [0.3, 0.4) is 0 Å². The summed E-state index contributed by atoms with van der Waals surface area (Å²) in [4.78, 5) is 13.3. The van der Waals surface area contributed by atoms with Crippen LogP contribution in [0, 0.1) is 0 Å². The van der Waals surface area contributed by atoms with E-state index in [0.29, 0.717) is 5.57 Å². The van der Waals surface area contributed by atoms with Gasteiger partial charge in [-0.1, -0.05) is 60.7 Å². The molecule has 152 valence electrons. The minimum absolute atomic E-state index is 0.0635. The molecule has 0 bridgehead atoms. The first-order valence-corrected chi connectivity index (χ1v) is 10.5. The van der Waals surface area contributed by atoms with Crippen LogP contribution in [0.25, 0.3) is 11.6 Å². The van der Waals surface area contributed by atoms with Gasteiger partial charge in [0.2, 0.25) is 0 Å². The predicted molar refractivity (Wildman–Crippen MR) is 122 cm³/mol. The molecule has 0 saturated carbocycles. The Kier molecular flexibility index (Phi) is 5.99. The molecule has 1 atom stereocenters. The number of ether oxygens (including phenoxy) is 1. The number of carbonyl (C=O) groups is 1. The highest BCUT2D eigenvalue weighted by molar-refractivity contribution is 6.24. The van der Waals surface area contributed by atoms with Crippen LogP contribution in [0.4, 0.5) is 0 Å². The molecule has 0 spiro atoms. The van der Waals surface area contributed by atoms with Crippen LogP contribution in [-0.2, 0) is 17.6 Å². The van der Waals surface area contributed by atoms with Gasteiger partial charge in [-0.15, -0.1) is 0 Å². The molecule has 0 aromatic heterocycles. The number of methoxy groups -OCH3 is 1. The molecular weight excluding hydrogens is 370 g/mol. The minimum atomic E-state index is -0.0787. The summed E-state index contributed by atoms with van der Waals surface area (Å²) in [6, 6.07) is 24.1. The molecule has 0 aliphatic heterocycles. The van der Waals surface area contributed by atoms with Crippen LogP contribution >= 0.6 is 0 Å². The number of carbonyl (C=O) groups excluding carboxylic acids is 1. The Balaban J connectivity index is 1.60. The quantitative estimate of drug-likeness (QED) is 0.434. The summed E-state index contributed by atoms with van der Waals surface area (Å²) in [6.45, 7) is 2.05. The van der Waals surface area contributed by atoms with Crippen molar-refractivity contribution in [1.82, 2.24) is 5.32 Å². The maximum Gasteiger partial charge on any atom is 0.252 e. The molecule has 3 nitrogen and oxygen atoms in total. The number of fused-ring (bicyclic) bond motifs is 1. The van der Waals surface area contributed by atoms with E-state index in [9.17, 15) is 4.79 Å². The summed E-state index contributed by atoms with van der Waals surface area (Å²) in [5, 5.41) is 3.20. The molecule has 1 N–H and O–H groups in total. The third-order valence-electron chi connectivity index (χ3n) is 5.73. The summed E-state index contributed by atoms with van der Waals surface area (Å²) in [5.41, 5.74) is 6.52. The van der Waals surface area contributed by atoms with Crippen molar-refractivity contribution < 1.29 is 9.53 Å². The van der Waals surface area contributed by atoms with E-state index in [1.165, 1.54) is 24.0 Å². The van der Waals surface area contributed by atoms with Gasteiger partial charge in [0.1, 0.15) is 5.75 Å². The Bertz CT molecular complexity index is 1050. The molecule has 0 fully saturated rings. The second-order valence-corrected chi connectivity index (χ2v) is 7.77. The van der Waals surface area contributed by atoms with Crippen LogP contribution in [-0.4, -0.2) is 13.0 Å². The van der Waals surface area contributed by atoms with Crippen LogP contribution in [0.15, 0.2) is 72.8 Å². The van der Waals surface area contributed by atoms with E-state index in [1.807, 2.05) is 67.6 Å². The van der Waals surface area contributed by atoms with Gasteiger partial charge in [-0.25, -0.2) is 0 Å². The highest BCUT2D eigenvalue weighted by Crippen LogP contribution is 2.26. The average molecular weight is 398 g/mol. The van der Waals surface area contributed by atoms with Gasteiger partial charge in [0.05, 0.1) is 13.2 Å². The maximum absolute atomic E-state index is 13.3. The lowest BCUT2D eigenvalue weighted by atomic mass is 9.99. The molecule has 1 amide bonds. The molecule has 0 radical (unpaired) electrons. The molecule has 0 unspecified atom stereocenters. The third-order valence-corrected chi connectivity index (χ3v) is 5.73. The van der Waals surface area contributed by atoms with Gasteiger partial charge in [0, 0.05) is 5.57 Å². The summed E-state index contributed by atoms with van der Waals surface area (Å²) >= 11 is 0. The number of amides is 1. The van der Waals surface area contributed by atoms with Crippen molar-refractivity contribution in [3.63, 3.8) is 0 Å². The highest BCUT2D eigenvalue weighted by atomic mass is 16.5. The van der Waals surface area contributed by atoms with Crippen LogP contribution in [0.1, 0.15) is 47.2 Å². The minimum Gasteiger partial charge on any atom is -0.497 e. The Morgan fingerprint density at radius 2 is 1.70 bits per heavy atom. The van der Waals surface area contributed by atoms with Crippen LogP contribution in [0.2, 0.25) is 0 Å². The molecule has 1 aliphatic carbocycles. The Morgan fingerprint density at radius 3 is 2.43 bits per heavy atom. The average Bonchev–Trinajstić information content (AvgIpc) is 3.26. The van der Waals surface area contributed by atoms with E-state index in [0.717, 1.165) is 28.9 Å². The van der Waals surface area contributed by atoms with Gasteiger partial charge in [-0.2, -0.15) is 0 Å². The largest absolute Gasteiger partial charge is 0.497 e. The molecule has 3 aromatic rings. The first-order valence-electron chi connectivity index (χ1n) is 10.5. The van der Waals surface area contributed by atoms with Crippen LogP contribution in [0.5, 0.6) is 5.75 Å².